The second-order valence-corrected chi connectivity index (χ2v) is 7.72. The lowest BCUT2D eigenvalue weighted by molar-refractivity contribution is -0.150. The number of carbonyl (C=O) groups excluding carboxylic acids is 3. The number of rotatable bonds is 9. The van der Waals surface area contributed by atoms with E-state index in [1.54, 1.807) is 14.0 Å². The predicted octanol–water partition coefficient (Wildman–Crippen LogP) is 3.54. The Bertz CT molecular complexity index is 1010. The van der Waals surface area contributed by atoms with E-state index in [1.165, 1.54) is 0 Å². The summed E-state index contributed by atoms with van der Waals surface area (Å²) in [7, 11) is 1.59. The van der Waals surface area contributed by atoms with Gasteiger partial charge in [0.05, 0.1) is 20.0 Å². The Hall–Kier alpha value is -3.93. The molecule has 1 atom stereocenters. The zero-order chi connectivity index (χ0) is 23.6. The van der Waals surface area contributed by atoms with Crippen LogP contribution in [0, 0.1) is 0 Å². The van der Waals surface area contributed by atoms with Crippen molar-refractivity contribution in [1.82, 2.24) is 10.2 Å². The number of carbonyl (C=O) groups is 3. The number of amides is 3. The third kappa shape index (κ3) is 6.77. The Labute approximate surface area is 194 Å². The van der Waals surface area contributed by atoms with Gasteiger partial charge in [-0.1, -0.05) is 72.8 Å². The van der Waals surface area contributed by atoms with Crippen molar-refractivity contribution >= 4 is 17.7 Å². The van der Waals surface area contributed by atoms with Gasteiger partial charge in [-0.15, -0.1) is 0 Å². The van der Waals surface area contributed by atoms with Gasteiger partial charge in [0.15, 0.2) is 0 Å². The number of hydrogen-bond acceptors (Lipinski definition) is 4. The Kier molecular flexibility index (Phi) is 8.36. The van der Waals surface area contributed by atoms with E-state index in [0.717, 1.165) is 27.3 Å². The maximum Gasteiger partial charge on any atom is 0.243 e. The first-order valence-corrected chi connectivity index (χ1v) is 10.8. The Balaban J connectivity index is 1.73. The highest BCUT2D eigenvalue weighted by molar-refractivity contribution is 6.01. The lowest BCUT2D eigenvalue weighted by Gasteiger charge is -2.27. The fourth-order valence-electron chi connectivity index (χ4n) is 3.48. The second-order valence-electron chi connectivity index (χ2n) is 7.72. The van der Waals surface area contributed by atoms with Crippen molar-refractivity contribution in [2.24, 2.45) is 0 Å². The molecule has 0 saturated heterocycles. The van der Waals surface area contributed by atoms with Gasteiger partial charge in [0, 0.05) is 6.54 Å². The normalized spacial score (nSPS) is 11.3. The summed E-state index contributed by atoms with van der Waals surface area (Å²) in [5.74, 6) is -0.486. The van der Waals surface area contributed by atoms with Crippen molar-refractivity contribution in [2.45, 2.75) is 32.4 Å². The molecular formula is C27H28N2O4. The maximum atomic E-state index is 13.1. The van der Waals surface area contributed by atoms with Crippen LogP contribution in [0.5, 0.6) is 5.75 Å². The molecule has 0 aliphatic heterocycles. The first kappa shape index (κ1) is 23.7. The molecule has 0 aromatic heterocycles. The van der Waals surface area contributed by atoms with Crippen LogP contribution >= 0.6 is 0 Å². The fraction of sp³-hybridized carbons (Fsp3) is 0.222. The zero-order valence-corrected chi connectivity index (χ0v) is 18.9. The predicted molar refractivity (Wildman–Crippen MR) is 126 cm³/mol. The summed E-state index contributed by atoms with van der Waals surface area (Å²) in [5, 5.41) is 2.83. The smallest absolute Gasteiger partial charge is 0.243 e. The fourth-order valence-corrected chi connectivity index (χ4v) is 3.48. The van der Waals surface area contributed by atoms with E-state index in [4.69, 9.17) is 4.74 Å². The van der Waals surface area contributed by atoms with E-state index in [1.807, 2.05) is 84.9 Å². The van der Waals surface area contributed by atoms with Crippen LogP contribution in [0.1, 0.15) is 23.6 Å². The van der Waals surface area contributed by atoms with Crippen LogP contribution in [0.4, 0.5) is 0 Å². The molecule has 0 spiro atoms. The van der Waals surface area contributed by atoms with Gasteiger partial charge < -0.3 is 10.1 Å². The lowest BCUT2D eigenvalue weighted by Crippen LogP contribution is -2.51. The standard InChI is InChI=1S/C27H28N2O4/c1-20(27(32)28-19-23-13-15-24(33-2)16-14-23)29(25(30)17-21-9-5-3-6-10-21)26(31)18-22-11-7-4-8-12-22/h3-16,20H,17-19H2,1-2H3,(H,28,32). The van der Waals surface area contributed by atoms with Gasteiger partial charge in [0.25, 0.3) is 0 Å². The lowest BCUT2D eigenvalue weighted by atomic mass is 10.1. The molecule has 0 heterocycles. The monoisotopic (exact) mass is 444 g/mol. The Morgan fingerprint density at radius 2 is 1.24 bits per heavy atom. The largest absolute Gasteiger partial charge is 0.497 e. The number of benzene rings is 3. The van der Waals surface area contributed by atoms with Crippen LogP contribution in [-0.4, -0.2) is 35.8 Å². The molecule has 0 saturated carbocycles. The molecule has 0 bridgehead atoms. The second kappa shape index (κ2) is 11.6. The topological polar surface area (TPSA) is 75.7 Å². The highest BCUT2D eigenvalue weighted by atomic mass is 16.5. The summed E-state index contributed by atoms with van der Waals surface area (Å²) in [6, 6.07) is 24.7. The van der Waals surface area contributed by atoms with Crippen LogP contribution in [0.3, 0.4) is 0 Å². The van der Waals surface area contributed by atoms with Gasteiger partial charge in [-0.25, -0.2) is 0 Å². The average molecular weight is 445 g/mol. The highest BCUT2D eigenvalue weighted by Crippen LogP contribution is 2.13. The number of ether oxygens (including phenoxy) is 1. The Morgan fingerprint density at radius 3 is 1.70 bits per heavy atom. The van der Waals surface area contributed by atoms with Crippen molar-refractivity contribution in [3.05, 3.63) is 102 Å². The van der Waals surface area contributed by atoms with Crippen LogP contribution in [-0.2, 0) is 33.8 Å². The van der Waals surface area contributed by atoms with E-state index >= 15 is 0 Å². The van der Waals surface area contributed by atoms with Crippen molar-refractivity contribution in [1.29, 1.82) is 0 Å². The number of hydrogen-bond donors (Lipinski definition) is 1. The summed E-state index contributed by atoms with van der Waals surface area (Å²) >= 11 is 0. The van der Waals surface area contributed by atoms with Crippen LogP contribution in [0.15, 0.2) is 84.9 Å². The maximum absolute atomic E-state index is 13.1. The van der Waals surface area contributed by atoms with Crippen LogP contribution in [0.2, 0.25) is 0 Å². The molecule has 0 fully saturated rings. The average Bonchev–Trinajstić information content (AvgIpc) is 2.84. The van der Waals surface area contributed by atoms with Gasteiger partial charge in [-0.05, 0) is 35.7 Å². The zero-order valence-electron chi connectivity index (χ0n) is 18.9. The molecule has 1 N–H and O–H groups in total. The Morgan fingerprint density at radius 1 is 0.758 bits per heavy atom. The minimum absolute atomic E-state index is 0.0392. The SMILES string of the molecule is COc1ccc(CNC(=O)C(C)N(C(=O)Cc2ccccc2)C(=O)Cc2ccccc2)cc1. The molecule has 0 aliphatic rings. The molecule has 170 valence electrons. The van der Waals surface area contributed by atoms with Crippen molar-refractivity contribution in [3.63, 3.8) is 0 Å². The summed E-state index contributed by atoms with van der Waals surface area (Å²) in [6.45, 7) is 1.86. The van der Waals surface area contributed by atoms with Crippen molar-refractivity contribution in [3.8, 4) is 5.75 Å². The molecule has 3 aromatic rings. The van der Waals surface area contributed by atoms with Gasteiger partial charge in [-0.2, -0.15) is 0 Å². The van der Waals surface area contributed by atoms with Crippen molar-refractivity contribution < 1.29 is 19.1 Å². The van der Waals surface area contributed by atoms with Gasteiger partial charge in [0.2, 0.25) is 17.7 Å². The first-order chi connectivity index (χ1) is 16.0. The molecule has 3 aromatic carbocycles. The first-order valence-electron chi connectivity index (χ1n) is 10.8. The van der Waals surface area contributed by atoms with E-state index in [2.05, 4.69) is 5.32 Å². The van der Waals surface area contributed by atoms with Crippen LogP contribution < -0.4 is 10.1 Å². The van der Waals surface area contributed by atoms with E-state index < -0.39 is 23.8 Å². The molecular weight excluding hydrogens is 416 g/mol. The van der Waals surface area contributed by atoms with E-state index in [0.29, 0.717) is 0 Å². The highest BCUT2D eigenvalue weighted by Gasteiger charge is 2.31. The number of nitrogens with zero attached hydrogens (tertiary/aromatic N) is 1. The molecule has 3 rings (SSSR count). The number of nitrogens with one attached hydrogen (secondary N) is 1. The minimum Gasteiger partial charge on any atom is -0.497 e. The van der Waals surface area contributed by atoms with E-state index in [9.17, 15) is 14.4 Å². The summed E-state index contributed by atoms with van der Waals surface area (Å²) < 4.78 is 5.15. The van der Waals surface area contributed by atoms with Crippen LogP contribution in [0.25, 0.3) is 0 Å². The molecule has 0 aliphatic carbocycles. The quantitative estimate of drug-likeness (QED) is 0.548. The third-order valence-electron chi connectivity index (χ3n) is 5.33. The van der Waals surface area contributed by atoms with Gasteiger partial charge in [-0.3, -0.25) is 19.3 Å². The minimum atomic E-state index is -0.948. The molecule has 3 amide bonds. The summed E-state index contributed by atoms with van der Waals surface area (Å²) in [5.41, 5.74) is 2.45. The number of imide groups is 1. The number of methoxy groups -OCH3 is 1. The molecule has 1 unspecified atom stereocenters. The molecule has 33 heavy (non-hydrogen) atoms. The summed E-state index contributed by atoms with van der Waals surface area (Å²) in [6.07, 6.45) is 0.0783. The molecule has 6 heteroatoms. The van der Waals surface area contributed by atoms with E-state index in [-0.39, 0.29) is 19.4 Å². The third-order valence-corrected chi connectivity index (χ3v) is 5.33. The van der Waals surface area contributed by atoms with Gasteiger partial charge >= 0.3 is 0 Å². The summed E-state index contributed by atoms with van der Waals surface area (Å²) in [4.78, 5) is 40.3. The van der Waals surface area contributed by atoms with Gasteiger partial charge in [0.1, 0.15) is 11.8 Å². The molecule has 0 radical (unpaired) electrons. The molecule has 6 nitrogen and oxygen atoms in total. The van der Waals surface area contributed by atoms with Crippen molar-refractivity contribution in [2.75, 3.05) is 7.11 Å².